The smallest absolute Gasteiger partial charge is 0.172 e. The van der Waals surface area contributed by atoms with Gasteiger partial charge in [0.25, 0.3) is 0 Å². The van der Waals surface area contributed by atoms with Gasteiger partial charge in [-0.1, -0.05) is 23.2 Å². The van der Waals surface area contributed by atoms with Crippen molar-refractivity contribution in [3.05, 3.63) is 25.6 Å². The second-order valence-electron chi connectivity index (χ2n) is 2.54. The SMILES string of the molecule is Cc1nn2c(Cl)cc(Cl)nc2c1I. The van der Waals surface area contributed by atoms with Crippen molar-refractivity contribution in [1.82, 2.24) is 14.6 Å². The molecular formula is C7H4Cl2IN3. The third kappa shape index (κ3) is 1.51. The van der Waals surface area contributed by atoms with Gasteiger partial charge in [-0.3, -0.25) is 0 Å². The molecule has 0 aromatic carbocycles. The molecule has 0 atom stereocenters. The zero-order valence-electron chi connectivity index (χ0n) is 6.55. The molecule has 0 N–H and O–H groups in total. The van der Waals surface area contributed by atoms with E-state index in [1.807, 2.05) is 6.92 Å². The molecule has 0 saturated carbocycles. The first-order valence-corrected chi connectivity index (χ1v) is 5.30. The highest BCUT2D eigenvalue weighted by Crippen LogP contribution is 2.22. The average molecular weight is 328 g/mol. The third-order valence-electron chi connectivity index (χ3n) is 1.62. The van der Waals surface area contributed by atoms with Crippen LogP contribution in [-0.2, 0) is 0 Å². The molecule has 6 heteroatoms. The van der Waals surface area contributed by atoms with Gasteiger partial charge in [-0.05, 0) is 29.5 Å². The molecule has 0 aliphatic heterocycles. The molecule has 2 aromatic heterocycles. The molecule has 0 bridgehead atoms. The van der Waals surface area contributed by atoms with Gasteiger partial charge in [-0.25, -0.2) is 9.50 Å². The summed E-state index contributed by atoms with van der Waals surface area (Å²) in [6, 6.07) is 1.57. The zero-order valence-corrected chi connectivity index (χ0v) is 10.2. The van der Waals surface area contributed by atoms with Crippen LogP contribution in [-0.4, -0.2) is 14.6 Å². The van der Waals surface area contributed by atoms with Crippen molar-refractivity contribution in [2.75, 3.05) is 0 Å². The van der Waals surface area contributed by atoms with E-state index in [1.54, 1.807) is 10.6 Å². The Morgan fingerprint density at radius 3 is 2.85 bits per heavy atom. The Bertz CT molecular complexity index is 480. The molecule has 0 amide bonds. The molecule has 3 nitrogen and oxygen atoms in total. The molecule has 2 heterocycles. The molecule has 0 spiro atoms. The summed E-state index contributed by atoms with van der Waals surface area (Å²) in [5.74, 6) is 0. The van der Waals surface area contributed by atoms with Crippen LogP contribution in [0.25, 0.3) is 5.65 Å². The predicted molar refractivity (Wildman–Crippen MR) is 60.5 cm³/mol. The minimum atomic E-state index is 0.385. The molecule has 0 unspecified atom stereocenters. The van der Waals surface area contributed by atoms with E-state index < -0.39 is 0 Å². The fourth-order valence-corrected chi connectivity index (χ4v) is 1.95. The highest BCUT2D eigenvalue weighted by atomic mass is 127. The van der Waals surface area contributed by atoms with Crippen molar-refractivity contribution in [2.45, 2.75) is 6.92 Å². The molecule has 0 saturated heterocycles. The van der Waals surface area contributed by atoms with Crippen molar-refractivity contribution in [3.8, 4) is 0 Å². The van der Waals surface area contributed by atoms with Crippen molar-refractivity contribution in [2.24, 2.45) is 0 Å². The van der Waals surface area contributed by atoms with Gasteiger partial charge >= 0.3 is 0 Å². The van der Waals surface area contributed by atoms with Gasteiger partial charge in [-0.2, -0.15) is 5.10 Å². The second kappa shape index (κ2) is 3.25. The Hall–Kier alpha value is -0.0700. The van der Waals surface area contributed by atoms with Gasteiger partial charge in [0.15, 0.2) is 5.65 Å². The van der Waals surface area contributed by atoms with Crippen LogP contribution >= 0.6 is 45.8 Å². The fourth-order valence-electron chi connectivity index (χ4n) is 1.03. The summed E-state index contributed by atoms with van der Waals surface area (Å²) < 4.78 is 2.55. The van der Waals surface area contributed by atoms with E-state index in [0.717, 1.165) is 9.26 Å². The lowest BCUT2D eigenvalue weighted by molar-refractivity contribution is 0.918. The van der Waals surface area contributed by atoms with Crippen molar-refractivity contribution < 1.29 is 0 Å². The molecule has 0 aliphatic rings. The minimum Gasteiger partial charge on any atom is -0.216 e. The van der Waals surface area contributed by atoms with Crippen molar-refractivity contribution in [1.29, 1.82) is 0 Å². The lowest BCUT2D eigenvalue weighted by Crippen LogP contribution is -1.92. The first-order valence-electron chi connectivity index (χ1n) is 3.46. The van der Waals surface area contributed by atoms with Crippen LogP contribution in [0.2, 0.25) is 10.3 Å². The number of halogens is 3. The Morgan fingerprint density at radius 2 is 2.15 bits per heavy atom. The minimum absolute atomic E-state index is 0.385. The van der Waals surface area contributed by atoms with Gasteiger partial charge in [0, 0.05) is 6.07 Å². The van der Waals surface area contributed by atoms with Crippen molar-refractivity contribution in [3.63, 3.8) is 0 Å². The Kier molecular flexibility index (Phi) is 2.37. The molecule has 2 aromatic rings. The maximum Gasteiger partial charge on any atom is 0.172 e. The van der Waals surface area contributed by atoms with Crippen LogP contribution in [0, 0.1) is 10.5 Å². The van der Waals surface area contributed by atoms with Gasteiger partial charge in [0.2, 0.25) is 0 Å². The predicted octanol–water partition coefficient (Wildman–Crippen LogP) is 2.95. The number of hydrogen-bond donors (Lipinski definition) is 0. The first-order chi connectivity index (χ1) is 6.09. The number of aryl methyl sites for hydroxylation is 1. The van der Waals surface area contributed by atoms with Crippen LogP contribution < -0.4 is 0 Å². The largest absolute Gasteiger partial charge is 0.216 e. The van der Waals surface area contributed by atoms with E-state index in [2.05, 4.69) is 32.7 Å². The molecule has 0 radical (unpaired) electrons. The number of nitrogens with zero attached hydrogens (tertiary/aromatic N) is 3. The normalized spacial score (nSPS) is 11.1. The van der Waals surface area contributed by atoms with Gasteiger partial charge in [0.1, 0.15) is 10.3 Å². The first kappa shape index (κ1) is 9.48. The van der Waals surface area contributed by atoms with E-state index in [9.17, 15) is 0 Å². The zero-order chi connectivity index (χ0) is 9.59. The molecule has 13 heavy (non-hydrogen) atoms. The van der Waals surface area contributed by atoms with E-state index >= 15 is 0 Å². The van der Waals surface area contributed by atoms with E-state index in [-0.39, 0.29) is 0 Å². The lowest BCUT2D eigenvalue weighted by Gasteiger charge is -1.96. The summed E-state index contributed by atoms with van der Waals surface area (Å²) in [5.41, 5.74) is 1.60. The second-order valence-corrected chi connectivity index (χ2v) is 4.39. The summed E-state index contributed by atoms with van der Waals surface area (Å²) in [7, 11) is 0. The lowest BCUT2D eigenvalue weighted by atomic mass is 10.5. The maximum absolute atomic E-state index is 5.92. The standard InChI is InChI=1S/C7H4Cl2IN3/c1-3-6(10)7-11-4(8)2-5(9)13(7)12-3/h2H,1H3. The number of fused-ring (bicyclic) bond motifs is 1. The summed E-state index contributed by atoms with van der Waals surface area (Å²) in [6.45, 7) is 1.90. The Morgan fingerprint density at radius 1 is 1.46 bits per heavy atom. The molecular weight excluding hydrogens is 324 g/mol. The highest BCUT2D eigenvalue weighted by molar-refractivity contribution is 14.1. The number of hydrogen-bond acceptors (Lipinski definition) is 2. The summed E-state index contributed by atoms with van der Waals surface area (Å²) in [5, 5.41) is 5.07. The van der Waals surface area contributed by atoms with E-state index in [0.29, 0.717) is 16.0 Å². The Labute approximate surface area is 98.2 Å². The molecule has 68 valence electrons. The summed E-state index contributed by atoms with van der Waals surface area (Å²) in [4.78, 5) is 4.13. The van der Waals surface area contributed by atoms with Gasteiger partial charge in [0.05, 0.1) is 9.26 Å². The summed E-state index contributed by atoms with van der Waals surface area (Å²) >= 11 is 13.9. The van der Waals surface area contributed by atoms with Crippen LogP contribution in [0.3, 0.4) is 0 Å². The van der Waals surface area contributed by atoms with Crippen molar-refractivity contribution >= 4 is 51.4 Å². The van der Waals surface area contributed by atoms with Gasteiger partial charge < -0.3 is 0 Å². The quantitative estimate of drug-likeness (QED) is 0.550. The average Bonchev–Trinajstić information content (AvgIpc) is 2.32. The van der Waals surface area contributed by atoms with E-state index in [4.69, 9.17) is 23.2 Å². The van der Waals surface area contributed by atoms with E-state index in [1.165, 1.54) is 0 Å². The highest BCUT2D eigenvalue weighted by Gasteiger charge is 2.10. The van der Waals surface area contributed by atoms with Crippen LogP contribution in [0.15, 0.2) is 6.07 Å². The molecule has 0 aliphatic carbocycles. The van der Waals surface area contributed by atoms with Crippen LogP contribution in [0.5, 0.6) is 0 Å². The fraction of sp³-hybridized carbons (Fsp3) is 0.143. The van der Waals surface area contributed by atoms with Crippen LogP contribution in [0.4, 0.5) is 0 Å². The summed E-state index contributed by atoms with van der Waals surface area (Å²) in [6.07, 6.45) is 0. The Balaban J connectivity index is 2.94. The number of rotatable bonds is 0. The van der Waals surface area contributed by atoms with Crippen LogP contribution in [0.1, 0.15) is 5.69 Å². The number of aromatic nitrogens is 3. The topological polar surface area (TPSA) is 30.2 Å². The monoisotopic (exact) mass is 327 g/mol. The molecule has 2 rings (SSSR count). The third-order valence-corrected chi connectivity index (χ3v) is 3.34. The van der Waals surface area contributed by atoms with Gasteiger partial charge in [-0.15, -0.1) is 0 Å². The molecule has 0 fully saturated rings. The maximum atomic E-state index is 5.92.